The van der Waals surface area contributed by atoms with E-state index in [0.29, 0.717) is 18.5 Å². The van der Waals surface area contributed by atoms with Crippen molar-refractivity contribution in [3.8, 4) is 0 Å². The van der Waals surface area contributed by atoms with Crippen LogP contribution in [0.5, 0.6) is 0 Å². The van der Waals surface area contributed by atoms with Crippen LogP contribution in [0.4, 0.5) is 5.95 Å². The van der Waals surface area contributed by atoms with Crippen LogP contribution in [0.25, 0.3) is 11.2 Å². The zero-order valence-electron chi connectivity index (χ0n) is 21.3. The molecule has 2 fully saturated rings. The molecule has 2 aliphatic rings. The molecule has 0 amide bonds. The number of aromatic amines is 1. The minimum atomic E-state index is -4.96. The van der Waals surface area contributed by atoms with Crippen molar-refractivity contribution in [1.82, 2.24) is 14.5 Å². The Balaban J connectivity index is 1.37. The first-order valence-corrected chi connectivity index (χ1v) is 16.4. The van der Waals surface area contributed by atoms with Crippen molar-refractivity contribution in [3.05, 3.63) is 16.7 Å². The number of H-pyrrole nitrogens is 1. The van der Waals surface area contributed by atoms with Gasteiger partial charge in [-0.05, 0) is 6.42 Å². The lowest BCUT2D eigenvalue weighted by molar-refractivity contribution is -0.646. The van der Waals surface area contributed by atoms with Gasteiger partial charge in [-0.2, -0.15) is 9.55 Å². The van der Waals surface area contributed by atoms with Crippen molar-refractivity contribution in [3.63, 3.8) is 0 Å². The first-order chi connectivity index (χ1) is 18.5. The van der Waals surface area contributed by atoms with Crippen molar-refractivity contribution in [1.29, 1.82) is 0 Å². The molecule has 2 aromatic rings. The first kappa shape index (κ1) is 31.4. The lowest BCUT2D eigenvalue weighted by atomic mass is 9.93. The maximum Gasteiger partial charge on any atom is 0.472 e. The average Bonchev–Trinajstić information content (AvgIpc) is 3.40. The summed E-state index contributed by atoms with van der Waals surface area (Å²) < 4.78 is 69.3. The molecule has 2 aromatic heterocycles. The van der Waals surface area contributed by atoms with E-state index in [4.69, 9.17) is 33.8 Å². The summed E-state index contributed by atoms with van der Waals surface area (Å²) in [7, 11) is -11.6. The largest absolute Gasteiger partial charge is 0.472 e. The highest BCUT2D eigenvalue weighted by Gasteiger charge is 2.41. The Bertz CT molecular complexity index is 1430. The van der Waals surface area contributed by atoms with Gasteiger partial charge in [0, 0.05) is 32.8 Å². The Morgan fingerprint density at radius 1 is 1.07 bits per heavy atom. The highest BCUT2D eigenvalue weighted by Crippen LogP contribution is 2.52. The van der Waals surface area contributed by atoms with Gasteiger partial charge in [-0.15, -0.1) is 0 Å². The second kappa shape index (κ2) is 12.0. The number of nitrogens with one attached hydrogen (secondary N) is 1. The van der Waals surface area contributed by atoms with Gasteiger partial charge in [0.2, 0.25) is 18.5 Å². The normalized spacial score (nSPS) is 28.9. The van der Waals surface area contributed by atoms with Crippen LogP contribution in [0, 0.1) is 0 Å². The van der Waals surface area contributed by atoms with Gasteiger partial charge in [0.05, 0.1) is 38.1 Å². The first-order valence-electron chi connectivity index (χ1n) is 11.9. The van der Waals surface area contributed by atoms with Gasteiger partial charge in [0.1, 0.15) is 0 Å². The molecule has 7 atom stereocenters. The highest BCUT2D eigenvalue weighted by molar-refractivity contribution is 7.47. The topological polar surface area (TPSA) is 268 Å². The molecule has 40 heavy (non-hydrogen) atoms. The monoisotopic (exact) mass is 634 g/mol. The van der Waals surface area contributed by atoms with E-state index in [1.165, 1.54) is 0 Å². The number of hydrogen-bond donors (Lipinski definition) is 6. The standard InChI is InChI=1S/C18H30N5O14P3/c1-22-9-23(16-15(22)17(24)21-18(19)20-16)14-4-3-10(34-14)8-33-40(30,31)37-13-6-11(35-38(25,26)27)5-12(7-13)36-39(28,29)32-2/h9-14H,3-8H2,1-2H3,(H6-,19,20,21,24,25,26,27,28,29,30,31)/p+1. The second-order valence-corrected chi connectivity index (χ2v) is 13.5. The van der Waals surface area contributed by atoms with Crippen molar-refractivity contribution in [2.45, 2.75) is 62.7 Å². The molecule has 22 heteroatoms. The molecule has 1 saturated heterocycles. The molecule has 1 aliphatic heterocycles. The molecule has 7 unspecified atom stereocenters. The number of phosphoric ester groups is 3. The number of nitrogens with zero attached hydrogens (tertiary/aromatic N) is 3. The maximum atomic E-state index is 12.7. The predicted molar refractivity (Wildman–Crippen MR) is 132 cm³/mol. The lowest BCUT2D eigenvalue weighted by Gasteiger charge is -2.35. The molecule has 0 bridgehead atoms. The van der Waals surface area contributed by atoms with Gasteiger partial charge in [-0.3, -0.25) is 32.4 Å². The minimum absolute atomic E-state index is 0.0680. The molecule has 1 aliphatic carbocycles. The summed E-state index contributed by atoms with van der Waals surface area (Å²) in [5, 5.41) is 0. The van der Waals surface area contributed by atoms with Gasteiger partial charge >= 0.3 is 29.0 Å². The van der Waals surface area contributed by atoms with Gasteiger partial charge < -0.3 is 30.0 Å². The van der Waals surface area contributed by atoms with Crippen LogP contribution in [-0.4, -0.2) is 72.2 Å². The van der Waals surface area contributed by atoms with Crippen molar-refractivity contribution in [2.24, 2.45) is 7.05 Å². The number of aryl methyl sites for hydroxylation is 1. The summed E-state index contributed by atoms with van der Waals surface area (Å²) in [6.45, 7) is -0.351. The van der Waals surface area contributed by atoms with Crippen LogP contribution in [0.3, 0.4) is 0 Å². The van der Waals surface area contributed by atoms with Crippen LogP contribution in [0.2, 0.25) is 0 Å². The van der Waals surface area contributed by atoms with Crippen LogP contribution in [0.15, 0.2) is 11.1 Å². The molecule has 0 aromatic carbocycles. The number of imidazole rings is 1. The average molecular weight is 634 g/mol. The van der Waals surface area contributed by atoms with E-state index in [9.17, 15) is 28.3 Å². The quantitative estimate of drug-likeness (QED) is 0.141. The summed E-state index contributed by atoms with van der Waals surface area (Å²) in [6, 6.07) is 0. The molecule has 4 rings (SSSR count). The van der Waals surface area contributed by atoms with Crippen LogP contribution in [-0.2, 0) is 48.1 Å². The molecule has 19 nitrogen and oxygen atoms in total. The molecule has 1 saturated carbocycles. The SMILES string of the molecule is COP(=O)(O)OC1CC(OP(=O)(O)O)CC(OP(=O)(O)OCC2CCC(n3c[n+](C)c4c(=O)[nH]c(N)nc43)O2)C1. The summed E-state index contributed by atoms with van der Waals surface area (Å²) >= 11 is 0. The number of hydrogen-bond acceptors (Lipinski definition) is 12. The Morgan fingerprint density at radius 3 is 2.27 bits per heavy atom. The molecular weight excluding hydrogens is 603 g/mol. The summed E-state index contributed by atoms with van der Waals surface area (Å²) in [4.78, 5) is 57.1. The van der Waals surface area contributed by atoms with Crippen LogP contribution in [0.1, 0.15) is 38.3 Å². The number of nitrogens with two attached hydrogens (primary N) is 1. The molecule has 0 radical (unpaired) electrons. The van der Waals surface area contributed by atoms with E-state index in [0.717, 1.165) is 7.11 Å². The van der Waals surface area contributed by atoms with Crippen LogP contribution < -0.4 is 15.9 Å². The number of aromatic nitrogens is 4. The van der Waals surface area contributed by atoms with E-state index >= 15 is 0 Å². The summed E-state index contributed by atoms with van der Waals surface area (Å²) in [5.41, 5.74) is 5.83. The number of nitrogen functional groups attached to an aromatic ring is 1. The zero-order chi connectivity index (χ0) is 29.5. The fourth-order valence-electron chi connectivity index (χ4n) is 4.74. The van der Waals surface area contributed by atoms with E-state index in [-0.39, 0.29) is 37.3 Å². The van der Waals surface area contributed by atoms with E-state index in [1.807, 2.05) is 0 Å². The number of ether oxygens (including phenoxy) is 1. The minimum Gasteiger partial charge on any atom is -0.369 e. The van der Waals surface area contributed by atoms with E-state index in [1.54, 1.807) is 22.5 Å². The Morgan fingerprint density at radius 2 is 1.68 bits per heavy atom. The van der Waals surface area contributed by atoms with Crippen LogP contribution >= 0.6 is 23.5 Å². The number of rotatable bonds is 11. The van der Waals surface area contributed by atoms with Crippen molar-refractivity contribution >= 4 is 40.6 Å². The van der Waals surface area contributed by atoms with Gasteiger partial charge in [-0.25, -0.2) is 18.3 Å². The van der Waals surface area contributed by atoms with Gasteiger partial charge in [0.15, 0.2) is 0 Å². The van der Waals surface area contributed by atoms with Crippen molar-refractivity contribution in [2.75, 3.05) is 19.5 Å². The maximum absolute atomic E-state index is 12.7. The Labute approximate surface area is 226 Å². The van der Waals surface area contributed by atoms with E-state index < -0.39 is 59.7 Å². The molecule has 226 valence electrons. The smallest absolute Gasteiger partial charge is 0.369 e. The third-order valence-electron chi connectivity index (χ3n) is 6.27. The predicted octanol–water partition coefficient (Wildman–Crippen LogP) is 0.105. The van der Waals surface area contributed by atoms with E-state index in [2.05, 4.69) is 19.0 Å². The number of anilines is 1. The molecule has 0 spiro atoms. The lowest BCUT2D eigenvalue weighted by Crippen LogP contribution is -2.36. The molecular formula is C18H31N5O14P3+. The third kappa shape index (κ3) is 8.04. The van der Waals surface area contributed by atoms with Gasteiger partial charge in [0.25, 0.3) is 11.2 Å². The van der Waals surface area contributed by atoms with Gasteiger partial charge in [-0.1, -0.05) is 0 Å². The Hall–Kier alpha value is -1.56. The second-order valence-electron chi connectivity index (χ2n) is 9.34. The molecule has 7 N–H and O–H groups in total. The summed E-state index contributed by atoms with van der Waals surface area (Å²) in [6.07, 6.45) is -2.93. The number of fused-ring (bicyclic) bond motifs is 1. The fraction of sp³-hybridized carbons (Fsp3) is 0.722. The number of phosphoric acid groups is 3. The third-order valence-corrected chi connectivity index (χ3v) is 8.91. The fourth-order valence-corrected chi connectivity index (χ4v) is 6.90. The molecule has 3 heterocycles. The highest BCUT2D eigenvalue weighted by atomic mass is 31.2. The van der Waals surface area contributed by atoms with Crippen molar-refractivity contribution < 1.29 is 65.2 Å². The Kier molecular flexibility index (Phi) is 9.39. The summed E-state index contributed by atoms with van der Waals surface area (Å²) in [5.74, 6) is -0.0680. The zero-order valence-corrected chi connectivity index (χ0v) is 24.0.